The Balaban J connectivity index is 2.76. The van der Waals surface area contributed by atoms with Gasteiger partial charge in [0.05, 0.1) is 4.47 Å². The summed E-state index contributed by atoms with van der Waals surface area (Å²) in [4.78, 5) is 10.1. The van der Waals surface area contributed by atoms with Crippen molar-refractivity contribution < 1.29 is 9.18 Å². The van der Waals surface area contributed by atoms with Crippen LogP contribution >= 0.6 is 15.9 Å². The number of aryl methyl sites for hydroxylation is 2. The Hall–Kier alpha value is -0.700. The molecule has 0 unspecified atom stereocenters. The lowest BCUT2D eigenvalue weighted by molar-refractivity contribution is -0.107. The minimum atomic E-state index is -0.239. The summed E-state index contributed by atoms with van der Waals surface area (Å²) in [5, 5.41) is 0. The third-order valence-corrected chi connectivity index (χ3v) is 2.75. The standard InChI is InChI=1S/C11H12BrFO/c1-8-6-10(12)11(13)7-9(8)4-2-3-5-14/h5-7H,2-4H2,1H3. The Bertz CT molecular complexity index is 336. The summed E-state index contributed by atoms with van der Waals surface area (Å²) in [6, 6.07) is 3.30. The van der Waals surface area contributed by atoms with Crippen molar-refractivity contribution >= 4 is 22.2 Å². The highest BCUT2D eigenvalue weighted by molar-refractivity contribution is 9.10. The Kier molecular flexibility index (Phi) is 4.26. The Morgan fingerprint density at radius 1 is 1.50 bits per heavy atom. The zero-order valence-electron chi connectivity index (χ0n) is 8.02. The SMILES string of the molecule is Cc1cc(Br)c(F)cc1CCCC=O. The highest BCUT2D eigenvalue weighted by Gasteiger charge is 2.04. The first-order valence-corrected chi connectivity index (χ1v) is 5.32. The highest BCUT2D eigenvalue weighted by atomic mass is 79.9. The van der Waals surface area contributed by atoms with Crippen LogP contribution in [0.2, 0.25) is 0 Å². The van der Waals surface area contributed by atoms with Crippen molar-refractivity contribution in [3.8, 4) is 0 Å². The third-order valence-electron chi connectivity index (χ3n) is 2.15. The van der Waals surface area contributed by atoms with Crippen LogP contribution in [-0.2, 0) is 11.2 Å². The summed E-state index contributed by atoms with van der Waals surface area (Å²) in [6.07, 6.45) is 2.97. The predicted octanol–water partition coefficient (Wildman–Crippen LogP) is 3.42. The van der Waals surface area contributed by atoms with Gasteiger partial charge in [0.2, 0.25) is 0 Å². The fourth-order valence-electron chi connectivity index (χ4n) is 1.33. The lowest BCUT2D eigenvalue weighted by Gasteiger charge is -2.06. The van der Waals surface area contributed by atoms with Gasteiger partial charge in [-0.1, -0.05) is 0 Å². The number of hydrogen-bond donors (Lipinski definition) is 0. The van der Waals surface area contributed by atoms with Crippen LogP contribution in [0.5, 0.6) is 0 Å². The summed E-state index contributed by atoms with van der Waals surface area (Å²) in [5.41, 5.74) is 2.04. The minimum Gasteiger partial charge on any atom is -0.303 e. The van der Waals surface area contributed by atoms with Gasteiger partial charge >= 0.3 is 0 Å². The second-order valence-electron chi connectivity index (χ2n) is 3.25. The van der Waals surface area contributed by atoms with Crippen molar-refractivity contribution in [3.05, 3.63) is 33.5 Å². The van der Waals surface area contributed by atoms with Gasteiger partial charge < -0.3 is 4.79 Å². The molecule has 0 aromatic heterocycles. The zero-order chi connectivity index (χ0) is 10.6. The largest absolute Gasteiger partial charge is 0.303 e. The summed E-state index contributed by atoms with van der Waals surface area (Å²) in [6.45, 7) is 1.94. The highest BCUT2D eigenvalue weighted by Crippen LogP contribution is 2.21. The number of aldehydes is 1. The Morgan fingerprint density at radius 3 is 2.86 bits per heavy atom. The zero-order valence-corrected chi connectivity index (χ0v) is 9.60. The molecule has 0 saturated carbocycles. The first kappa shape index (κ1) is 11.4. The molecule has 0 heterocycles. The quantitative estimate of drug-likeness (QED) is 0.598. The molecule has 76 valence electrons. The van der Waals surface area contributed by atoms with Crippen molar-refractivity contribution in [2.24, 2.45) is 0 Å². The molecule has 1 aromatic rings. The van der Waals surface area contributed by atoms with Crippen LogP contribution in [0.3, 0.4) is 0 Å². The molecule has 1 nitrogen and oxygen atoms in total. The molecule has 0 aliphatic rings. The van der Waals surface area contributed by atoms with E-state index in [9.17, 15) is 9.18 Å². The molecular formula is C11H12BrFO. The number of hydrogen-bond acceptors (Lipinski definition) is 1. The maximum Gasteiger partial charge on any atom is 0.137 e. The molecular weight excluding hydrogens is 247 g/mol. The fraction of sp³-hybridized carbons (Fsp3) is 0.364. The van der Waals surface area contributed by atoms with Crippen LogP contribution in [0, 0.1) is 12.7 Å². The van der Waals surface area contributed by atoms with Crippen LogP contribution in [0.15, 0.2) is 16.6 Å². The molecule has 0 atom stereocenters. The number of benzene rings is 1. The summed E-state index contributed by atoms with van der Waals surface area (Å²) < 4.78 is 13.6. The van der Waals surface area contributed by atoms with Gasteiger partial charge in [-0.25, -0.2) is 4.39 Å². The normalized spacial score (nSPS) is 10.2. The average Bonchev–Trinajstić information content (AvgIpc) is 2.14. The molecule has 0 radical (unpaired) electrons. The smallest absolute Gasteiger partial charge is 0.137 e. The topological polar surface area (TPSA) is 17.1 Å². The lowest BCUT2D eigenvalue weighted by Crippen LogP contribution is -1.93. The van der Waals surface area contributed by atoms with Gasteiger partial charge in [-0.3, -0.25) is 0 Å². The van der Waals surface area contributed by atoms with Crippen molar-refractivity contribution in [3.63, 3.8) is 0 Å². The van der Waals surface area contributed by atoms with E-state index in [2.05, 4.69) is 15.9 Å². The van der Waals surface area contributed by atoms with Gasteiger partial charge in [-0.2, -0.15) is 0 Å². The number of halogens is 2. The number of carbonyl (C=O) groups excluding carboxylic acids is 1. The molecule has 0 saturated heterocycles. The predicted molar refractivity (Wildman–Crippen MR) is 57.8 cm³/mol. The second-order valence-corrected chi connectivity index (χ2v) is 4.11. The van der Waals surface area contributed by atoms with Crippen LogP contribution < -0.4 is 0 Å². The Labute approximate surface area is 91.5 Å². The van der Waals surface area contributed by atoms with E-state index < -0.39 is 0 Å². The van der Waals surface area contributed by atoms with Gasteiger partial charge in [0.25, 0.3) is 0 Å². The van der Waals surface area contributed by atoms with Crippen LogP contribution in [-0.4, -0.2) is 6.29 Å². The van der Waals surface area contributed by atoms with Crippen molar-refractivity contribution in [1.82, 2.24) is 0 Å². The second kappa shape index (κ2) is 5.25. The van der Waals surface area contributed by atoms with Gasteiger partial charge in [0, 0.05) is 6.42 Å². The van der Waals surface area contributed by atoms with Crippen LogP contribution in [0.1, 0.15) is 24.0 Å². The van der Waals surface area contributed by atoms with E-state index in [1.807, 2.05) is 6.92 Å². The van der Waals surface area contributed by atoms with E-state index >= 15 is 0 Å². The lowest BCUT2D eigenvalue weighted by atomic mass is 10.0. The van der Waals surface area contributed by atoms with E-state index in [1.54, 1.807) is 6.07 Å². The molecule has 0 spiro atoms. The van der Waals surface area contributed by atoms with E-state index in [0.717, 1.165) is 30.3 Å². The average molecular weight is 259 g/mol. The van der Waals surface area contributed by atoms with Crippen molar-refractivity contribution in [2.45, 2.75) is 26.2 Å². The number of rotatable bonds is 4. The fourth-order valence-corrected chi connectivity index (χ4v) is 1.79. The monoisotopic (exact) mass is 258 g/mol. The van der Waals surface area contributed by atoms with Crippen LogP contribution in [0.4, 0.5) is 4.39 Å². The molecule has 14 heavy (non-hydrogen) atoms. The molecule has 0 amide bonds. The van der Waals surface area contributed by atoms with E-state index in [-0.39, 0.29) is 5.82 Å². The summed E-state index contributed by atoms with van der Waals surface area (Å²) in [7, 11) is 0. The van der Waals surface area contributed by atoms with Gasteiger partial charge in [0.1, 0.15) is 12.1 Å². The first-order chi connectivity index (χ1) is 6.65. The van der Waals surface area contributed by atoms with Gasteiger partial charge in [0.15, 0.2) is 0 Å². The molecule has 0 N–H and O–H groups in total. The maximum absolute atomic E-state index is 13.2. The van der Waals surface area contributed by atoms with E-state index in [0.29, 0.717) is 10.9 Å². The molecule has 0 fully saturated rings. The van der Waals surface area contributed by atoms with Gasteiger partial charge in [-0.15, -0.1) is 0 Å². The number of carbonyl (C=O) groups is 1. The molecule has 0 aliphatic heterocycles. The minimum absolute atomic E-state index is 0.239. The van der Waals surface area contributed by atoms with Crippen molar-refractivity contribution in [1.29, 1.82) is 0 Å². The number of unbranched alkanes of at least 4 members (excludes halogenated alkanes) is 1. The van der Waals surface area contributed by atoms with Gasteiger partial charge in [-0.05, 0) is 59.0 Å². The van der Waals surface area contributed by atoms with Crippen LogP contribution in [0.25, 0.3) is 0 Å². The summed E-state index contributed by atoms with van der Waals surface area (Å²) >= 11 is 3.13. The first-order valence-electron chi connectivity index (χ1n) is 4.53. The maximum atomic E-state index is 13.2. The van der Waals surface area contributed by atoms with E-state index in [1.165, 1.54) is 6.07 Å². The van der Waals surface area contributed by atoms with Crippen molar-refractivity contribution in [2.75, 3.05) is 0 Å². The molecule has 3 heteroatoms. The molecule has 0 bridgehead atoms. The third kappa shape index (κ3) is 2.91. The van der Waals surface area contributed by atoms with E-state index in [4.69, 9.17) is 0 Å². The molecule has 0 aliphatic carbocycles. The Morgan fingerprint density at radius 2 is 2.21 bits per heavy atom. The molecule has 1 rings (SSSR count). The molecule has 1 aromatic carbocycles. The summed E-state index contributed by atoms with van der Waals surface area (Å²) in [5.74, 6) is -0.239.